The van der Waals surface area contributed by atoms with Crippen LogP contribution in [-0.4, -0.2) is 33.9 Å². The first-order chi connectivity index (χ1) is 12.2. The van der Waals surface area contributed by atoms with E-state index >= 15 is 0 Å². The van der Waals surface area contributed by atoms with Gasteiger partial charge in [-0.15, -0.1) is 0 Å². The zero-order chi connectivity index (χ0) is 17.2. The largest absolute Gasteiger partial charge is 0.448 e. The zero-order valence-corrected chi connectivity index (χ0v) is 14.3. The lowest BCUT2D eigenvalue weighted by atomic mass is 9.90. The summed E-state index contributed by atoms with van der Waals surface area (Å²) in [6, 6.07) is 10.4. The summed E-state index contributed by atoms with van der Waals surface area (Å²) in [5.74, 6) is 1.01. The number of fused-ring (bicyclic) bond motifs is 1. The van der Waals surface area contributed by atoms with E-state index in [1.54, 1.807) is 6.92 Å². The van der Waals surface area contributed by atoms with Crippen LogP contribution in [0.2, 0.25) is 0 Å². The van der Waals surface area contributed by atoms with Crippen LogP contribution in [0, 0.1) is 12.8 Å². The Morgan fingerprint density at radius 3 is 3.00 bits per heavy atom. The van der Waals surface area contributed by atoms with Gasteiger partial charge in [0.15, 0.2) is 12.1 Å². The van der Waals surface area contributed by atoms with Crippen molar-refractivity contribution < 1.29 is 9.21 Å². The van der Waals surface area contributed by atoms with Gasteiger partial charge in [-0.2, -0.15) is 0 Å². The fraction of sp³-hybridized carbons (Fsp3) is 0.350. The second-order valence-electron chi connectivity index (χ2n) is 6.71. The molecule has 1 amide bonds. The predicted molar refractivity (Wildman–Crippen MR) is 95.3 cm³/mol. The molecular weight excluding hydrogens is 314 g/mol. The van der Waals surface area contributed by atoms with E-state index in [9.17, 15) is 4.79 Å². The number of hydrogen-bond donors (Lipinski definition) is 0. The van der Waals surface area contributed by atoms with Crippen LogP contribution in [0.5, 0.6) is 0 Å². The summed E-state index contributed by atoms with van der Waals surface area (Å²) >= 11 is 0. The van der Waals surface area contributed by atoms with Crippen LogP contribution >= 0.6 is 0 Å². The molecule has 0 aliphatic carbocycles. The van der Waals surface area contributed by atoms with Crippen molar-refractivity contribution in [3.63, 3.8) is 0 Å². The van der Waals surface area contributed by atoms with Gasteiger partial charge >= 0.3 is 0 Å². The van der Waals surface area contributed by atoms with Crippen molar-refractivity contribution in [2.45, 2.75) is 26.2 Å². The van der Waals surface area contributed by atoms with Crippen LogP contribution in [0.1, 0.15) is 34.7 Å². The number of pyridine rings is 1. The molecule has 5 heteroatoms. The molecule has 0 saturated carbocycles. The fourth-order valence-corrected chi connectivity index (χ4v) is 3.72. The lowest BCUT2D eigenvalue weighted by molar-refractivity contribution is 0.0666. The maximum absolute atomic E-state index is 12.7. The summed E-state index contributed by atoms with van der Waals surface area (Å²) in [5, 5.41) is 1.17. The molecule has 25 heavy (non-hydrogen) atoms. The van der Waals surface area contributed by atoms with Crippen molar-refractivity contribution in [2.75, 3.05) is 13.1 Å². The number of aromatic nitrogens is 2. The highest BCUT2D eigenvalue weighted by molar-refractivity contribution is 5.93. The average molecular weight is 335 g/mol. The highest BCUT2D eigenvalue weighted by Gasteiger charge is 2.27. The highest BCUT2D eigenvalue weighted by atomic mass is 16.3. The van der Waals surface area contributed by atoms with E-state index in [2.05, 4.69) is 34.2 Å². The Kier molecular flexibility index (Phi) is 4.22. The fourth-order valence-electron chi connectivity index (χ4n) is 3.72. The maximum Gasteiger partial charge on any atom is 0.276 e. The van der Waals surface area contributed by atoms with Crippen LogP contribution in [-0.2, 0) is 6.42 Å². The van der Waals surface area contributed by atoms with Crippen LogP contribution in [0.25, 0.3) is 10.9 Å². The highest BCUT2D eigenvalue weighted by Crippen LogP contribution is 2.25. The van der Waals surface area contributed by atoms with Crippen molar-refractivity contribution in [1.29, 1.82) is 0 Å². The number of carbonyl (C=O) groups excluding carboxylic acids is 1. The van der Waals surface area contributed by atoms with Gasteiger partial charge in [0.2, 0.25) is 0 Å². The summed E-state index contributed by atoms with van der Waals surface area (Å²) in [7, 11) is 0. The molecule has 1 saturated heterocycles. The number of aryl methyl sites for hydroxylation is 1. The first kappa shape index (κ1) is 15.8. The Morgan fingerprint density at radius 1 is 1.28 bits per heavy atom. The quantitative estimate of drug-likeness (QED) is 0.733. The number of amides is 1. The SMILES string of the molecule is Cc1ocnc1C(=O)N1CCCC(Cc2cccc3cccnc23)C1. The van der Waals surface area contributed by atoms with Crippen LogP contribution < -0.4 is 0 Å². The molecule has 1 aliphatic heterocycles. The topological polar surface area (TPSA) is 59.2 Å². The molecule has 1 atom stereocenters. The third-order valence-electron chi connectivity index (χ3n) is 4.98. The summed E-state index contributed by atoms with van der Waals surface area (Å²) in [6.45, 7) is 3.33. The minimum Gasteiger partial charge on any atom is -0.448 e. The van der Waals surface area contributed by atoms with Crippen LogP contribution in [0.4, 0.5) is 0 Å². The second kappa shape index (κ2) is 6.67. The maximum atomic E-state index is 12.7. The molecule has 0 N–H and O–H groups in total. The molecule has 3 heterocycles. The number of oxazole rings is 1. The molecule has 3 aromatic rings. The number of para-hydroxylation sites is 1. The third-order valence-corrected chi connectivity index (χ3v) is 4.98. The number of nitrogens with zero attached hydrogens (tertiary/aromatic N) is 3. The van der Waals surface area contributed by atoms with Gasteiger partial charge in [0.25, 0.3) is 5.91 Å². The van der Waals surface area contributed by atoms with Gasteiger partial charge in [0, 0.05) is 24.7 Å². The molecule has 1 unspecified atom stereocenters. The van der Waals surface area contributed by atoms with Gasteiger partial charge in [-0.1, -0.05) is 24.3 Å². The molecular formula is C20H21N3O2. The average Bonchev–Trinajstić information content (AvgIpc) is 3.08. The first-order valence-electron chi connectivity index (χ1n) is 8.74. The number of piperidine rings is 1. The normalized spacial score (nSPS) is 17.8. The molecule has 0 radical (unpaired) electrons. The van der Waals surface area contributed by atoms with E-state index in [4.69, 9.17) is 4.42 Å². The van der Waals surface area contributed by atoms with Gasteiger partial charge in [-0.05, 0) is 43.7 Å². The molecule has 1 aliphatic rings. The zero-order valence-electron chi connectivity index (χ0n) is 14.3. The monoisotopic (exact) mass is 335 g/mol. The number of hydrogen-bond acceptors (Lipinski definition) is 4. The van der Waals surface area contributed by atoms with E-state index in [-0.39, 0.29) is 5.91 Å². The Hall–Kier alpha value is -2.69. The standard InChI is InChI=1S/C20H21N3O2/c1-14-18(22-13-25-14)20(24)23-10-4-5-15(12-23)11-17-7-2-6-16-8-3-9-21-19(16)17/h2-3,6-9,13,15H,4-5,10-12H2,1H3. The number of benzene rings is 1. The summed E-state index contributed by atoms with van der Waals surface area (Å²) in [5.41, 5.74) is 2.77. The van der Waals surface area contributed by atoms with E-state index in [1.165, 1.54) is 17.3 Å². The number of likely N-dealkylation sites (tertiary alicyclic amines) is 1. The molecule has 128 valence electrons. The lowest BCUT2D eigenvalue weighted by Crippen LogP contribution is -2.40. The van der Waals surface area contributed by atoms with Gasteiger partial charge < -0.3 is 9.32 Å². The molecule has 0 bridgehead atoms. The first-order valence-corrected chi connectivity index (χ1v) is 8.74. The van der Waals surface area contributed by atoms with Crippen molar-refractivity contribution >= 4 is 16.8 Å². The summed E-state index contributed by atoms with van der Waals surface area (Å²) < 4.78 is 5.18. The Labute approximate surface area is 146 Å². The summed E-state index contributed by atoms with van der Waals surface area (Å²) in [4.78, 5) is 23.2. The van der Waals surface area contributed by atoms with E-state index in [1.807, 2.05) is 17.2 Å². The molecule has 5 nitrogen and oxygen atoms in total. The van der Waals surface area contributed by atoms with E-state index in [0.29, 0.717) is 17.4 Å². The molecule has 1 aromatic carbocycles. The predicted octanol–water partition coefficient (Wildman–Crippen LogP) is 3.63. The van der Waals surface area contributed by atoms with Crippen LogP contribution in [0.15, 0.2) is 47.3 Å². The Balaban J connectivity index is 1.52. The molecule has 4 rings (SSSR count). The van der Waals surface area contributed by atoms with Gasteiger partial charge in [0.05, 0.1) is 5.52 Å². The van der Waals surface area contributed by atoms with E-state index < -0.39 is 0 Å². The third kappa shape index (κ3) is 3.14. The van der Waals surface area contributed by atoms with Crippen molar-refractivity contribution in [3.05, 3.63) is 59.9 Å². The van der Waals surface area contributed by atoms with Gasteiger partial charge in [-0.25, -0.2) is 4.98 Å². The molecule has 0 spiro atoms. The van der Waals surface area contributed by atoms with E-state index in [0.717, 1.165) is 37.9 Å². The lowest BCUT2D eigenvalue weighted by Gasteiger charge is -2.32. The second-order valence-corrected chi connectivity index (χ2v) is 6.71. The minimum absolute atomic E-state index is 0.0213. The van der Waals surface area contributed by atoms with Gasteiger partial charge in [-0.3, -0.25) is 9.78 Å². The van der Waals surface area contributed by atoms with Crippen molar-refractivity contribution in [3.8, 4) is 0 Å². The summed E-state index contributed by atoms with van der Waals surface area (Å²) in [6.07, 6.45) is 6.27. The number of rotatable bonds is 3. The van der Waals surface area contributed by atoms with Crippen molar-refractivity contribution in [2.24, 2.45) is 5.92 Å². The minimum atomic E-state index is -0.0213. The Bertz CT molecular complexity index is 897. The molecule has 2 aromatic heterocycles. The number of carbonyl (C=O) groups is 1. The Morgan fingerprint density at radius 2 is 2.16 bits per heavy atom. The smallest absolute Gasteiger partial charge is 0.276 e. The van der Waals surface area contributed by atoms with Crippen molar-refractivity contribution in [1.82, 2.24) is 14.9 Å². The van der Waals surface area contributed by atoms with Gasteiger partial charge in [0.1, 0.15) is 5.76 Å². The van der Waals surface area contributed by atoms with Crippen LogP contribution in [0.3, 0.4) is 0 Å². The molecule has 1 fully saturated rings.